The first-order valence-corrected chi connectivity index (χ1v) is 5.09. The molecule has 0 bridgehead atoms. The number of rotatable bonds is 4. The Kier molecular flexibility index (Phi) is 3.62. The van der Waals surface area contributed by atoms with Gasteiger partial charge in [0.1, 0.15) is 6.04 Å². The van der Waals surface area contributed by atoms with E-state index >= 15 is 0 Å². The first-order chi connectivity index (χ1) is 6.99. The Morgan fingerprint density at radius 3 is 2.87 bits per heavy atom. The van der Waals surface area contributed by atoms with Crippen LogP contribution < -0.4 is 11.1 Å². The summed E-state index contributed by atoms with van der Waals surface area (Å²) >= 11 is 1.24. The van der Waals surface area contributed by atoms with Gasteiger partial charge in [-0.3, -0.25) is 9.59 Å². The van der Waals surface area contributed by atoms with Gasteiger partial charge < -0.3 is 16.2 Å². The highest BCUT2D eigenvalue weighted by Crippen LogP contribution is 2.11. The van der Waals surface area contributed by atoms with Gasteiger partial charge in [0.05, 0.1) is 12.1 Å². The number of nitrogen functional groups attached to an aromatic ring is 1. The van der Waals surface area contributed by atoms with Gasteiger partial charge in [-0.15, -0.1) is 11.3 Å². The highest BCUT2D eigenvalue weighted by Gasteiger charge is 2.14. The predicted octanol–water partition coefficient (Wildman–Crippen LogP) is -0.143. The van der Waals surface area contributed by atoms with E-state index in [0.717, 1.165) is 0 Å². The number of aromatic nitrogens is 1. The van der Waals surface area contributed by atoms with Crippen LogP contribution in [0.5, 0.6) is 0 Å². The van der Waals surface area contributed by atoms with Gasteiger partial charge in [0, 0.05) is 5.38 Å². The number of thiazole rings is 1. The van der Waals surface area contributed by atoms with Gasteiger partial charge in [-0.1, -0.05) is 0 Å². The van der Waals surface area contributed by atoms with Crippen LogP contribution in [0.2, 0.25) is 0 Å². The molecular formula is C8H11N3O3S. The second-order valence-corrected chi connectivity index (χ2v) is 3.87. The lowest BCUT2D eigenvalue weighted by Crippen LogP contribution is -2.39. The zero-order valence-electron chi connectivity index (χ0n) is 8.06. The molecule has 0 fully saturated rings. The van der Waals surface area contributed by atoms with E-state index in [0.29, 0.717) is 10.8 Å². The SMILES string of the molecule is C[C@@H](NC(=O)Cc1csc(N)n1)C(=O)O. The maximum atomic E-state index is 11.3. The molecule has 1 heterocycles. The molecule has 1 atom stereocenters. The molecule has 0 saturated heterocycles. The maximum absolute atomic E-state index is 11.3. The lowest BCUT2D eigenvalue weighted by Gasteiger charge is -2.07. The van der Waals surface area contributed by atoms with Crippen molar-refractivity contribution in [3.05, 3.63) is 11.1 Å². The molecule has 1 rings (SSSR count). The van der Waals surface area contributed by atoms with Crippen LogP contribution in [-0.2, 0) is 16.0 Å². The molecule has 0 aromatic carbocycles. The third kappa shape index (κ3) is 3.55. The third-order valence-corrected chi connectivity index (χ3v) is 2.38. The van der Waals surface area contributed by atoms with Crippen LogP contribution in [0.4, 0.5) is 5.13 Å². The number of nitrogens with two attached hydrogens (primary N) is 1. The van der Waals surface area contributed by atoms with Crippen molar-refractivity contribution >= 4 is 28.3 Å². The van der Waals surface area contributed by atoms with Crippen LogP contribution in [0.25, 0.3) is 0 Å². The standard InChI is InChI=1S/C8H11N3O3S/c1-4(7(13)14)10-6(12)2-5-3-15-8(9)11-5/h3-4H,2H2,1H3,(H2,9,11)(H,10,12)(H,13,14)/t4-/m1/s1. The summed E-state index contributed by atoms with van der Waals surface area (Å²) in [5, 5.41) is 12.9. The molecule has 0 aliphatic heterocycles. The zero-order chi connectivity index (χ0) is 11.4. The predicted molar refractivity (Wildman–Crippen MR) is 55.5 cm³/mol. The van der Waals surface area contributed by atoms with Crippen LogP contribution in [0, 0.1) is 0 Å². The van der Waals surface area contributed by atoms with E-state index in [9.17, 15) is 9.59 Å². The van der Waals surface area contributed by atoms with Gasteiger partial charge in [-0.05, 0) is 6.92 Å². The van der Waals surface area contributed by atoms with E-state index in [-0.39, 0.29) is 12.3 Å². The summed E-state index contributed by atoms with van der Waals surface area (Å²) in [7, 11) is 0. The average molecular weight is 229 g/mol. The smallest absolute Gasteiger partial charge is 0.325 e. The minimum absolute atomic E-state index is 0.0469. The van der Waals surface area contributed by atoms with Crippen molar-refractivity contribution < 1.29 is 14.7 Å². The molecule has 1 aromatic heterocycles. The number of amides is 1. The fourth-order valence-electron chi connectivity index (χ4n) is 0.923. The van der Waals surface area contributed by atoms with E-state index < -0.39 is 12.0 Å². The summed E-state index contributed by atoms with van der Waals surface area (Å²) in [4.78, 5) is 25.6. The van der Waals surface area contributed by atoms with E-state index in [1.807, 2.05) is 0 Å². The fourth-order valence-corrected chi connectivity index (χ4v) is 1.49. The highest BCUT2D eigenvalue weighted by atomic mass is 32.1. The second-order valence-electron chi connectivity index (χ2n) is 2.98. The van der Waals surface area contributed by atoms with E-state index in [1.54, 1.807) is 5.38 Å². The van der Waals surface area contributed by atoms with Crippen LogP contribution in [0.1, 0.15) is 12.6 Å². The van der Waals surface area contributed by atoms with Crippen LogP contribution in [0.3, 0.4) is 0 Å². The van der Waals surface area contributed by atoms with Gasteiger partial charge in [0.2, 0.25) is 5.91 Å². The van der Waals surface area contributed by atoms with Crippen molar-refractivity contribution in [1.82, 2.24) is 10.3 Å². The molecule has 0 saturated carbocycles. The lowest BCUT2D eigenvalue weighted by molar-refractivity contribution is -0.141. The average Bonchev–Trinajstić information content (AvgIpc) is 2.50. The minimum atomic E-state index is -1.07. The van der Waals surface area contributed by atoms with Gasteiger partial charge in [0.15, 0.2) is 5.13 Å². The number of hydrogen-bond donors (Lipinski definition) is 3. The van der Waals surface area contributed by atoms with E-state index in [1.165, 1.54) is 18.3 Å². The van der Waals surface area contributed by atoms with Crippen molar-refractivity contribution in [2.24, 2.45) is 0 Å². The molecule has 4 N–H and O–H groups in total. The molecule has 6 nitrogen and oxygen atoms in total. The number of carbonyl (C=O) groups is 2. The molecule has 7 heteroatoms. The van der Waals surface area contributed by atoms with Crippen molar-refractivity contribution in [2.45, 2.75) is 19.4 Å². The first-order valence-electron chi connectivity index (χ1n) is 4.21. The summed E-state index contributed by atoms with van der Waals surface area (Å²) < 4.78 is 0. The molecule has 0 aliphatic carbocycles. The molecule has 1 amide bonds. The molecule has 15 heavy (non-hydrogen) atoms. The minimum Gasteiger partial charge on any atom is -0.480 e. The summed E-state index contributed by atoms with van der Waals surface area (Å²) in [5.41, 5.74) is 5.93. The Bertz CT molecular complexity index is 377. The maximum Gasteiger partial charge on any atom is 0.325 e. The Morgan fingerprint density at radius 1 is 1.73 bits per heavy atom. The Labute approximate surface area is 90.1 Å². The number of carbonyl (C=O) groups excluding carboxylic acids is 1. The number of anilines is 1. The largest absolute Gasteiger partial charge is 0.480 e. The Balaban J connectivity index is 2.46. The number of nitrogens with one attached hydrogen (secondary N) is 1. The zero-order valence-corrected chi connectivity index (χ0v) is 8.87. The normalized spacial score (nSPS) is 12.1. The van der Waals surface area contributed by atoms with Crippen LogP contribution in [-0.4, -0.2) is 28.0 Å². The summed E-state index contributed by atoms with van der Waals surface area (Å²) in [6.45, 7) is 1.40. The van der Waals surface area contributed by atoms with Crippen molar-refractivity contribution in [3.63, 3.8) is 0 Å². The second kappa shape index (κ2) is 4.74. The highest BCUT2D eigenvalue weighted by molar-refractivity contribution is 7.13. The van der Waals surface area contributed by atoms with Crippen LogP contribution >= 0.6 is 11.3 Å². The van der Waals surface area contributed by atoms with Crippen molar-refractivity contribution in [1.29, 1.82) is 0 Å². The van der Waals surface area contributed by atoms with E-state index in [4.69, 9.17) is 10.8 Å². The molecule has 82 valence electrons. The quantitative estimate of drug-likeness (QED) is 0.666. The number of nitrogens with zero attached hydrogens (tertiary/aromatic N) is 1. The number of aliphatic carboxylic acids is 1. The Morgan fingerprint density at radius 2 is 2.40 bits per heavy atom. The molecular weight excluding hydrogens is 218 g/mol. The van der Waals surface area contributed by atoms with Crippen LogP contribution in [0.15, 0.2) is 5.38 Å². The molecule has 0 unspecified atom stereocenters. The molecule has 1 aromatic rings. The summed E-state index contributed by atoms with van der Waals surface area (Å²) in [5.74, 6) is -1.45. The molecule has 0 radical (unpaired) electrons. The van der Waals surface area contributed by atoms with Gasteiger partial charge in [-0.25, -0.2) is 4.98 Å². The number of carboxylic acids is 1. The lowest BCUT2D eigenvalue weighted by atomic mass is 10.3. The Hall–Kier alpha value is -1.63. The monoisotopic (exact) mass is 229 g/mol. The summed E-state index contributed by atoms with van der Waals surface area (Å²) in [6, 6.07) is -0.895. The van der Waals surface area contributed by atoms with E-state index in [2.05, 4.69) is 10.3 Å². The number of carboxylic acid groups (broad SMARTS) is 1. The topological polar surface area (TPSA) is 105 Å². The molecule has 0 aliphatic rings. The number of hydrogen-bond acceptors (Lipinski definition) is 5. The van der Waals surface area contributed by atoms with Gasteiger partial charge in [0.25, 0.3) is 0 Å². The summed E-state index contributed by atoms with van der Waals surface area (Å²) in [6.07, 6.45) is 0.0469. The van der Waals surface area contributed by atoms with Gasteiger partial charge in [-0.2, -0.15) is 0 Å². The van der Waals surface area contributed by atoms with Gasteiger partial charge >= 0.3 is 5.97 Å². The first kappa shape index (κ1) is 11.4. The molecule has 0 spiro atoms. The van der Waals surface area contributed by atoms with Crippen molar-refractivity contribution in [3.8, 4) is 0 Å². The van der Waals surface area contributed by atoms with Crippen molar-refractivity contribution in [2.75, 3.05) is 5.73 Å². The third-order valence-electron chi connectivity index (χ3n) is 1.66. The fraction of sp³-hybridized carbons (Fsp3) is 0.375.